The molecule has 0 saturated carbocycles. The molecular weight excluding hydrogens is 314 g/mol. The molecule has 0 bridgehead atoms. The van der Waals surface area contributed by atoms with Gasteiger partial charge in [0.15, 0.2) is 0 Å². The quantitative estimate of drug-likeness (QED) is 0.579. The highest BCUT2D eigenvalue weighted by molar-refractivity contribution is 5.65. The maximum absolute atomic E-state index is 2.46. The van der Waals surface area contributed by atoms with Crippen molar-refractivity contribution in [2.24, 2.45) is 0 Å². The lowest BCUT2D eigenvalue weighted by Crippen LogP contribution is -2.12. The third-order valence-electron chi connectivity index (χ3n) is 6.44. The number of fused-ring (bicyclic) bond motifs is 2. The third-order valence-corrected chi connectivity index (χ3v) is 6.44. The van der Waals surface area contributed by atoms with E-state index < -0.39 is 0 Å². The molecule has 0 atom stereocenters. The van der Waals surface area contributed by atoms with E-state index in [1.165, 1.54) is 88.4 Å². The largest absolute Gasteiger partial charge is 0.345 e. The van der Waals surface area contributed by atoms with Crippen molar-refractivity contribution in [2.75, 3.05) is 11.9 Å². The van der Waals surface area contributed by atoms with Crippen LogP contribution in [0.3, 0.4) is 0 Å². The highest BCUT2D eigenvalue weighted by atomic mass is 15.1. The summed E-state index contributed by atoms with van der Waals surface area (Å²) in [4.78, 5) is 2.39. The second kappa shape index (κ2) is 8.29. The van der Waals surface area contributed by atoms with E-state index in [0.29, 0.717) is 0 Å². The maximum Gasteiger partial charge on any atom is 0.0411 e. The highest BCUT2D eigenvalue weighted by Crippen LogP contribution is 2.31. The Morgan fingerprint density at radius 2 is 0.885 bits per heavy atom. The SMILES string of the molecule is CN(c1ccc2c(c1)CCCCCC2)c1ccc2c(c1)CCCCCC2. The monoisotopic (exact) mass is 347 g/mol. The lowest BCUT2D eigenvalue weighted by atomic mass is 9.92. The topological polar surface area (TPSA) is 3.24 Å². The molecule has 138 valence electrons. The first-order valence-corrected chi connectivity index (χ1v) is 10.8. The second-order valence-corrected chi connectivity index (χ2v) is 8.29. The van der Waals surface area contributed by atoms with Crippen molar-refractivity contribution in [3.8, 4) is 0 Å². The predicted molar refractivity (Wildman–Crippen MR) is 113 cm³/mol. The molecule has 1 nitrogen and oxygen atoms in total. The smallest absolute Gasteiger partial charge is 0.0411 e. The zero-order valence-corrected chi connectivity index (χ0v) is 16.4. The Labute approximate surface area is 159 Å². The summed E-state index contributed by atoms with van der Waals surface area (Å²) in [7, 11) is 2.23. The molecule has 2 aliphatic carbocycles. The Morgan fingerprint density at radius 1 is 0.500 bits per heavy atom. The molecule has 4 rings (SSSR count). The fourth-order valence-electron chi connectivity index (χ4n) is 4.71. The zero-order valence-electron chi connectivity index (χ0n) is 16.4. The normalized spacial score (nSPS) is 17.9. The third kappa shape index (κ3) is 3.98. The van der Waals surface area contributed by atoms with E-state index in [0.717, 1.165) is 0 Å². The molecule has 0 amide bonds. The molecular formula is C25H33N. The Hall–Kier alpha value is -1.76. The van der Waals surface area contributed by atoms with E-state index in [1.807, 2.05) is 0 Å². The standard InChI is InChI=1S/C25H33N/c1-26(24-16-14-20-10-6-2-4-8-12-22(20)18-24)25-17-15-21-11-7-3-5-9-13-23(21)19-25/h14-19H,2-13H2,1H3. The van der Waals surface area contributed by atoms with Crippen LogP contribution in [0.25, 0.3) is 0 Å². The summed E-state index contributed by atoms with van der Waals surface area (Å²) in [5.74, 6) is 0. The van der Waals surface area contributed by atoms with Crippen LogP contribution in [0.4, 0.5) is 11.4 Å². The van der Waals surface area contributed by atoms with Gasteiger partial charge in [0.05, 0.1) is 0 Å². The summed E-state index contributed by atoms with van der Waals surface area (Å²) in [5.41, 5.74) is 9.02. The number of anilines is 2. The van der Waals surface area contributed by atoms with Gasteiger partial charge in [-0.1, -0.05) is 37.8 Å². The van der Waals surface area contributed by atoms with Gasteiger partial charge in [0.2, 0.25) is 0 Å². The molecule has 0 aliphatic heterocycles. The fourth-order valence-corrected chi connectivity index (χ4v) is 4.71. The summed E-state index contributed by atoms with van der Waals surface area (Å²) in [6.45, 7) is 0. The number of benzene rings is 2. The Bertz CT molecular complexity index is 682. The second-order valence-electron chi connectivity index (χ2n) is 8.29. The van der Waals surface area contributed by atoms with Crippen LogP contribution >= 0.6 is 0 Å². The zero-order chi connectivity index (χ0) is 17.8. The lowest BCUT2D eigenvalue weighted by molar-refractivity contribution is 0.616. The molecule has 0 unspecified atom stereocenters. The van der Waals surface area contributed by atoms with Crippen LogP contribution in [0.2, 0.25) is 0 Å². The molecule has 0 N–H and O–H groups in total. The van der Waals surface area contributed by atoms with Gasteiger partial charge < -0.3 is 4.90 Å². The fraction of sp³-hybridized carbons (Fsp3) is 0.520. The van der Waals surface area contributed by atoms with E-state index in [9.17, 15) is 0 Å². The minimum atomic E-state index is 1.25. The summed E-state index contributed by atoms with van der Waals surface area (Å²) in [6, 6.07) is 14.4. The summed E-state index contributed by atoms with van der Waals surface area (Å²) in [5, 5.41) is 0. The van der Waals surface area contributed by atoms with Gasteiger partial charge in [-0.25, -0.2) is 0 Å². The number of hydrogen-bond donors (Lipinski definition) is 0. The summed E-state index contributed by atoms with van der Waals surface area (Å²) < 4.78 is 0. The summed E-state index contributed by atoms with van der Waals surface area (Å²) in [6.07, 6.45) is 16.0. The predicted octanol–water partition coefficient (Wildman–Crippen LogP) is 6.77. The van der Waals surface area contributed by atoms with Crippen LogP contribution < -0.4 is 4.90 Å². The molecule has 0 aromatic heterocycles. The number of aryl methyl sites for hydroxylation is 4. The van der Waals surface area contributed by atoms with Gasteiger partial charge >= 0.3 is 0 Å². The van der Waals surface area contributed by atoms with Crippen LogP contribution in [0.15, 0.2) is 36.4 Å². The molecule has 0 saturated heterocycles. The Morgan fingerprint density at radius 3 is 1.31 bits per heavy atom. The van der Waals surface area contributed by atoms with E-state index in [4.69, 9.17) is 0 Å². The Kier molecular flexibility index (Phi) is 5.62. The van der Waals surface area contributed by atoms with Gasteiger partial charge in [-0.15, -0.1) is 0 Å². The van der Waals surface area contributed by atoms with Crippen molar-refractivity contribution in [3.63, 3.8) is 0 Å². The van der Waals surface area contributed by atoms with E-state index in [1.54, 1.807) is 22.3 Å². The van der Waals surface area contributed by atoms with Gasteiger partial charge in [0.1, 0.15) is 0 Å². The van der Waals surface area contributed by atoms with Crippen LogP contribution in [0.1, 0.15) is 73.6 Å². The van der Waals surface area contributed by atoms with Crippen molar-refractivity contribution in [3.05, 3.63) is 58.7 Å². The molecule has 2 aromatic carbocycles. The van der Waals surface area contributed by atoms with Gasteiger partial charge in [-0.3, -0.25) is 0 Å². The van der Waals surface area contributed by atoms with Crippen LogP contribution in [-0.4, -0.2) is 7.05 Å². The molecule has 0 radical (unpaired) electrons. The molecule has 2 aromatic rings. The van der Waals surface area contributed by atoms with E-state index in [-0.39, 0.29) is 0 Å². The average Bonchev–Trinajstić information content (AvgIpc) is 2.62. The molecule has 0 heterocycles. The Balaban J connectivity index is 1.60. The minimum Gasteiger partial charge on any atom is -0.345 e. The van der Waals surface area contributed by atoms with Gasteiger partial charge in [0, 0.05) is 18.4 Å². The van der Waals surface area contributed by atoms with Crippen LogP contribution in [-0.2, 0) is 25.7 Å². The first-order valence-electron chi connectivity index (χ1n) is 10.8. The summed E-state index contributed by atoms with van der Waals surface area (Å²) >= 11 is 0. The van der Waals surface area contributed by atoms with Crippen LogP contribution in [0.5, 0.6) is 0 Å². The maximum atomic E-state index is 2.46. The van der Waals surface area contributed by atoms with Crippen molar-refractivity contribution < 1.29 is 0 Å². The average molecular weight is 348 g/mol. The first-order chi connectivity index (χ1) is 12.8. The minimum absolute atomic E-state index is 1.25. The van der Waals surface area contributed by atoms with Gasteiger partial charge in [-0.05, 0) is 97.9 Å². The van der Waals surface area contributed by atoms with E-state index >= 15 is 0 Å². The molecule has 26 heavy (non-hydrogen) atoms. The van der Waals surface area contributed by atoms with Gasteiger partial charge in [-0.2, -0.15) is 0 Å². The van der Waals surface area contributed by atoms with Crippen molar-refractivity contribution in [2.45, 2.75) is 77.0 Å². The van der Waals surface area contributed by atoms with Gasteiger partial charge in [0.25, 0.3) is 0 Å². The number of hydrogen-bond acceptors (Lipinski definition) is 1. The van der Waals surface area contributed by atoms with E-state index in [2.05, 4.69) is 48.3 Å². The van der Waals surface area contributed by atoms with Crippen molar-refractivity contribution >= 4 is 11.4 Å². The first kappa shape index (κ1) is 17.6. The lowest BCUT2D eigenvalue weighted by Gasteiger charge is -2.24. The van der Waals surface area contributed by atoms with Crippen molar-refractivity contribution in [1.82, 2.24) is 0 Å². The number of nitrogens with zero attached hydrogens (tertiary/aromatic N) is 1. The van der Waals surface area contributed by atoms with Crippen LogP contribution in [0, 0.1) is 0 Å². The molecule has 1 heteroatoms. The van der Waals surface area contributed by atoms with Crippen molar-refractivity contribution in [1.29, 1.82) is 0 Å². The molecule has 2 aliphatic rings. The molecule has 0 fully saturated rings. The number of rotatable bonds is 2. The highest BCUT2D eigenvalue weighted by Gasteiger charge is 2.13. The molecule has 0 spiro atoms.